The molecule has 0 aliphatic carbocycles. The lowest BCUT2D eigenvalue weighted by Crippen LogP contribution is -2.42. The van der Waals surface area contributed by atoms with Gasteiger partial charge < -0.3 is 10.0 Å². The number of rotatable bonds is 4. The third kappa shape index (κ3) is 4.11. The summed E-state index contributed by atoms with van der Waals surface area (Å²) >= 11 is 0. The van der Waals surface area contributed by atoms with Crippen LogP contribution in [0.4, 0.5) is 8.78 Å². The molecule has 1 aliphatic rings. The van der Waals surface area contributed by atoms with E-state index in [2.05, 4.69) is 0 Å². The lowest BCUT2D eigenvalue weighted by Gasteiger charge is -2.35. The summed E-state index contributed by atoms with van der Waals surface area (Å²) in [6, 6.07) is 0. The SMILES string of the molecule is CC(F)(F)[C@H]1CCCN(CCC(=O)O)C1. The normalized spacial score (nSPS) is 24.1. The highest BCUT2D eigenvalue weighted by Gasteiger charge is 2.36. The number of likely N-dealkylation sites (tertiary alicyclic amines) is 1. The Morgan fingerprint density at radius 2 is 2.27 bits per heavy atom. The second-order valence-corrected chi connectivity index (χ2v) is 4.24. The first-order valence-electron chi connectivity index (χ1n) is 5.21. The maximum absolute atomic E-state index is 13.0. The maximum atomic E-state index is 13.0. The Hall–Kier alpha value is -0.710. The van der Waals surface area contributed by atoms with Gasteiger partial charge in [0.2, 0.25) is 5.92 Å². The Balaban J connectivity index is 2.39. The van der Waals surface area contributed by atoms with Crippen LogP contribution < -0.4 is 0 Å². The van der Waals surface area contributed by atoms with Crippen LogP contribution in [0.25, 0.3) is 0 Å². The monoisotopic (exact) mass is 221 g/mol. The number of piperidine rings is 1. The van der Waals surface area contributed by atoms with Gasteiger partial charge in [-0.2, -0.15) is 0 Å². The van der Waals surface area contributed by atoms with Gasteiger partial charge in [0.05, 0.1) is 6.42 Å². The van der Waals surface area contributed by atoms with E-state index in [0.717, 1.165) is 19.9 Å². The van der Waals surface area contributed by atoms with E-state index >= 15 is 0 Å². The fourth-order valence-electron chi connectivity index (χ4n) is 1.93. The standard InChI is InChI=1S/C10H17F2NO2/c1-10(11,12)8-3-2-5-13(7-8)6-4-9(14)15/h8H,2-7H2,1H3,(H,14,15)/t8-/m0/s1. The van der Waals surface area contributed by atoms with Gasteiger partial charge in [0, 0.05) is 19.0 Å². The molecule has 0 unspecified atom stereocenters. The number of carboxylic acids is 1. The summed E-state index contributed by atoms with van der Waals surface area (Å²) in [7, 11) is 0. The van der Waals surface area contributed by atoms with Gasteiger partial charge in [-0.3, -0.25) is 4.79 Å². The smallest absolute Gasteiger partial charge is 0.304 e. The molecule has 88 valence electrons. The molecule has 0 aromatic heterocycles. The second kappa shape index (κ2) is 4.88. The van der Waals surface area contributed by atoms with Gasteiger partial charge in [0.1, 0.15) is 0 Å². The Labute approximate surface area is 88.1 Å². The van der Waals surface area contributed by atoms with Gasteiger partial charge in [0.15, 0.2) is 0 Å². The molecule has 0 spiro atoms. The largest absolute Gasteiger partial charge is 0.481 e. The van der Waals surface area contributed by atoms with Crippen molar-refractivity contribution in [1.82, 2.24) is 4.90 Å². The molecule has 1 N–H and O–H groups in total. The van der Waals surface area contributed by atoms with Crippen molar-refractivity contribution in [2.24, 2.45) is 5.92 Å². The van der Waals surface area contributed by atoms with Crippen molar-refractivity contribution in [3.8, 4) is 0 Å². The van der Waals surface area contributed by atoms with E-state index in [1.807, 2.05) is 4.90 Å². The number of hydrogen-bond acceptors (Lipinski definition) is 2. The van der Waals surface area contributed by atoms with Gasteiger partial charge in [0.25, 0.3) is 0 Å². The highest BCUT2D eigenvalue weighted by atomic mass is 19.3. The first-order valence-corrected chi connectivity index (χ1v) is 5.21. The topological polar surface area (TPSA) is 40.5 Å². The van der Waals surface area contributed by atoms with Crippen LogP contribution in [-0.4, -0.2) is 41.5 Å². The minimum Gasteiger partial charge on any atom is -0.481 e. The molecule has 1 heterocycles. The Bertz CT molecular complexity index is 228. The van der Waals surface area contributed by atoms with Crippen LogP contribution >= 0.6 is 0 Å². The van der Waals surface area contributed by atoms with Crippen molar-refractivity contribution in [2.75, 3.05) is 19.6 Å². The number of aliphatic carboxylic acids is 1. The Morgan fingerprint density at radius 1 is 1.60 bits per heavy atom. The quantitative estimate of drug-likeness (QED) is 0.787. The molecule has 0 amide bonds. The average molecular weight is 221 g/mol. The molecular formula is C10H17F2NO2. The van der Waals surface area contributed by atoms with Crippen molar-refractivity contribution < 1.29 is 18.7 Å². The van der Waals surface area contributed by atoms with Crippen LogP contribution in [0.1, 0.15) is 26.2 Å². The zero-order chi connectivity index (χ0) is 11.5. The molecule has 1 atom stereocenters. The molecule has 0 saturated carbocycles. The van der Waals surface area contributed by atoms with Crippen LogP contribution in [0.2, 0.25) is 0 Å². The van der Waals surface area contributed by atoms with Crippen LogP contribution in [0.15, 0.2) is 0 Å². The number of alkyl halides is 2. The highest BCUT2D eigenvalue weighted by molar-refractivity contribution is 5.66. The molecule has 0 aromatic carbocycles. The summed E-state index contributed by atoms with van der Waals surface area (Å²) in [5.74, 6) is -4.15. The van der Waals surface area contributed by atoms with E-state index in [9.17, 15) is 13.6 Å². The third-order valence-corrected chi connectivity index (χ3v) is 2.86. The number of carbonyl (C=O) groups is 1. The van der Waals surface area contributed by atoms with Crippen molar-refractivity contribution in [3.05, 3.63) is 0 Å². The van der Waals surface area contributed by atoms with Crippen molar-refractivity contribution in [3.63, 3.8) is 0 Å². The summed E-state index contributed by atoms with van der Waals surface area (Å²) in [6.07, 6.45) is 1.29. The highest BCUT2D eigenvalue weighted by Crippen LogP contribution is 2.31. The molecular weight excluding hydrogens is 204 g/mol. The number of carboxylic acid groups (broad SMARTS) is 1. The molecule has 0 aromatic rings. The summed E-state index contributed by atoms with van der Waals surface area (Å²) in [6.45, 7) is 2.37. The van der Waals surface area contributed by atoms with Crippen LogP contribution in [-0.2, 0) is 4.79 Å². The van der Waals surface area contributed by atoms with Crippen LogP contribution in [0.5, 0.6) is 0 Å². The summed E-state index contributed by atoms with van der Waals surface area (Å²) < 4.78 is 26.1. The van der Waals surface area contributed by atoms with Crippen molar-refractivity contribution in [2.45, 2.75) is 32.1 Å². The van der Waals surface area contributed by atoms with E-state index < -0.39 is 17.8 Å². The van der Waals surface area contributed by atoms with Crippen LogP contribution in [0, 0.1) is 5.92 Å². The number of hydrogen-bond donors (Lipinski definition) is 1. The van der Waals surface area contributed by atoms with Gasteiger partial charge in [-0.05, 0) is 26.3 Å². The van der Waals surface area contributed by atoms with E-state index in [4.69, 9.17) is 5.11 Å². The Kier molecular flexibility index (Phi) is 4.02. The van der Waals surface area contributed by atoms with Crippen LogP contribution in [0.3, 0.4) is 0 Å². The second-order valence-electron chi connectivity index (χ2n) is 4.24. The van der Waals surface area contributed by atoms with Gasteiger partial charge in [-0.25, -0.2) is 8.78 Å². The molecule has 5 heteroatoms. The fourth-order valence-corrected chi connectivity index (χ4v) is 1.93. The zero-order valence-electron chi connectivity index (χ0n) is 8.88. The first-order chi connectivity index (χ1) is 6.89. The van der Waals surface area contributed by atoms with Gasteiger partial charge in [-0.15, -0.1) is 0 Å². The van der Waals surface area contributed by atoms with E-state index in [1.165, 1.54) is 0 Å². The van der Waals surface area contributed by atoms with E-state index in [-0.39, 0.29) is 6.42 Å². The number of halogens is 2. The Morgan fingerprint density at radius 3 is 2.80 bits per heavy atom. The maximum Gasteiger partial charge on any atom is 0.304 e. The van der Waals surface area contributed by atoms with Crippen molar-refractivity contribution >= 4 is 5.97 Å². The predicted octanol–water partition coefficient (Wildman–Crippen LogP) is 1.83. The summed E-state index contributed by atoms with van der Waals surface area (Å²) in [5, 5.41) is 8.50. The van der Waals surface area contributed by atoms with Gasteiger partial charge >= 0.3 is 5.97 Å². The predicted molar refractivity (Wildman–Crippen MR) is 52.0 cm³/mol. The molecule has 0 radical (unpaired) electrons. The minimum absolute atomic E-state index is 0.0298. The molecule has 3 nitrogen and oxygen atoms in total. The molecule has 15 heavy (non-hydrogen) atoms. The number of nitrogens with zero attached hydrogens (tertiary/aromatic N) is 1. The molecule has 1 aliphatic heterocycles. The minimum atomic E-state index is -2.65. The molecule has 1 saturated heterocycles. The third-order valence-electron chi connectivity index (χ3n) is 2.86. The lowest BCUT2D eigenvalue weighted by molar-refractivity contribution is -0.137. The summed E-state index contributed by atoms with van der Waals surface area (Å²) in [5.41, 5.74) is 0. The molecule has 1 rings (SSSR count). The zero-order valence-corrected chi connectivity index (χ0v) is 8.88. The first kappa shape index (κ1) is 12.4. The average Bonchev–Trinajstić information content (AvgIpc) is 2.14. The molecule has 1 fully saturated rings. The molecule has 0 bridgehead atoms. The van der Waals surface area contributed by atoms with E-state index in [0.29, 0.717) is 19.5 Å². The summed E-state index contributed by atoms with van der Waals surface area (Å²) in [4.78, 5) is 12.2. The van der Waals surface area contributed by atoms with Crippen molar-refractivity contribution in [1.29, 1.82) is 0 Å². The lowest BCUT2D eigenvalue weighted by atomic mass is 9.92. The van der Waals surface area contributed by atoms with Gasteiger partial charge in [-0.1, -0.05) is 0 Å². The van der Waals surface area contributed by atoms with E-state index in [1.54, 1.807) is 0 Å². The fraction of sp³-hybridized carbons (Fsp3) is 0.900.